The third kappa shape index (κ3) is 4.09. The fraction of sp³-hybridized carbons (Fsp3) is 0.667. The molecule has 0 aromatic heterocycles. The summed E-state index contributed by atoms with van der Waals surface area (Å²) in [4.78, 5) is 0. The minimum Gasteiger partial charge on any atom is -0.120 e. The van der Waals surface area contributed by atoms with Gasteiger partial charge >= 0.3 is 0 Å². The third-order valence-corrected chi connectivity index (χ3v) is 2.16. The molecule has 0 saturated heterocycles. The molecule has 0 aliphatic rings. The number of hydrogen-bond acceptors (Lipinski definition) is 0. The summed E-state index contributed by atoms with van der Waals surface area (Å²) in [5.41, 5.74) is -0.0394. The van der Waals surface area contributed by atoms with Crippen LogP contribution in [-0.4, -0.2) is 0 Å². The summed E-state index contributed by atoms with van der Waals surface area (Å²) in [6.07, 6.45) is 12.7. The first-order valence-electron chi connectivity index (χ1n) is 4.28. The van der Waals surface area contributed by atoms with Crippen molar-refractivity contribution in [2.45, 2.75) is 40.5 Å². The molecule has 0 saturated carbocycles. The second-order valence-corrected chi connectivity index (χ2v) is 4.56. The van der Waals surface area contributed by atoms with Crippen LogP contribution in [0.1, 0.15) is 40.5 Å². The van der Waals surface area contributed by atoms with Crippen molar-refractivity contribution < 1.29 is 0 Å². The van der Waals surface area contributed by atoms with Gasteiger partial charge in [0.25, 0.3) is 0 Å². The van der Waals surface area contributed by atoms with E-state index in [2.05, 4.69) is 39.5 Å². The highest BCUT2D eigenvalue weighted by Gasteiger charge is 2.20. The van der Waals surface area contributed by atoms with Crippen molar-refractivity contribution in [3.05, 3.63) is 0 Å². The first-order chi connectivity index (χ1) is 5.33. The van der Waals surface area contributed by atoms with Crippen LogP contribution in [0.5, 0.6) is 0 Å². The molecular weight excluding hydrogens is 144 g/mol. The van der Waals surface area contributed by atoms with E-state index in [0.29, 0.717) is 0 Å². The summed E-state index contributed by atoms with van der Waals surface area (Å²) in [6, 6.07) is 0. The average molecular weight is 162 g/mol. The van der Waals surface area contributed by atoms with Gasteiger partial charge in [-0.25, -0.2) is 0 Å². The molecule has 0 nitrogen and oxygen atoms in total. The van der Waals surface area contributed by atoms with Gasteiger partial charge in [0.2, 0.25) is 0 Å². The van der Waals surface area contributed by atoms with Crippen molar-refractivity contribution in [2.75, 3.05) is 0 Å². The molecule has 0 radical (unpaired) electrons. The Morgan fingerprint density at radius 1 is 0.833 bits per heavy atom. The van der Waals surface area contributed by atoms with Gasteiger partial charge in [-0.05, 0) is 40.5 Å². The summed E-state index contributed by atoms with van der Waals surface area (Å²) in [7, 11) is 0. The highest BCUT2D eigenvalue weighted by Crippen LogP contribution is 2.29. The van der Waals surface area contributed by atoms with Gasteiger partial charge in [-0.15, -0.1) is 24.7 Å². The predicted octanol–water partition coefficient (Wildman–Crippen LogP) is 3.09. The molecular formula is C12H18. The SMILES string of the molecule is C#CC(C)(C)CCC(C)(C)C#C. The largest absolute Gasteiger partial charge is 0.120 e. The summed E-state index contributed by atoms with van der Waals surface area (Å²) in [6.45, 7) is 8.28. The zero-order chi connectivity index (χ0) is 9.83. The maximum atomic E-state index is 5.38. The Labute approximate surface area is 76.8 Å². The van der Waals surface area contributed by atoms with Crippen molar-refractivity contribution in [3.8, 4) is 24.7 Å². The second kappa shape index (κ2) is 3.68. The van der Waals surface area contributed by atoms with E-state index in [-0.39, 0.29) is 10.8 Å². The van der Waals surface area contributed by atoms with Crippen molar-refractivity contribution >= 4 is 0 Å². The minimum atomic E-state index is -0.0197. The molecule has 0 amide bonds. The van der Waals surface area contributed by atoms with E-state index >= 15 is 0 Å². The highest BCUT2D eigenvalue weighted by atomic mass is 14.2. The Bertz CT molecular complexity index is 191. The standard InChI is InChI=1S/C12H18/c1-7-11(3,4)9-10-12(5,6)8-2/h1-2H,9-10H2,3-6H3. The molecule has 0 fully saturated rings. The van der Waals surface area contributed by atoms with Crippen LogP contribution in [0.15, 0.2) is 0 Å². The van der Waals surface area contributed by atoms with Gasteiger partial charge in [0.15, 0.2) is 0 Å². The van der Waals surface area contributed by atoms with Gasteiger partial charge in [-0.3, -0.25) is 0 Å². The van der Waals surface area contributed by atoms with E-state index in [1.807, 2.05) is 0 Å². The summed E-state index contributed by atoms with van der Waals surface area (Å²) in [5, 5.41) is 0. The number of hydrogen-bond donors (Lipinski definition) is 0. The van der Waals surface area contributed by atoms with E-state index in [1.165, 1.54) is 0 Å². The molecule has 0 heterocycles. The Balaban J connectivity index is 4.04. The maximum Gasteiger partial charge on any atom is 0.0256 e. The van der Waals surface area contributed by atoms with E-state index in [0.717, 1.165) is 12.8 Å². The van der Waals surface area contributed by atoms with Crippen molar-refractivity contribution in [3.63, 3.8) is 0 Å². The quantitative estimate of drug-likeness (QED) is 0.559. The number of terminal acetylenes is 2. The Kier molecular flexibility index (Phi) is 3.41. The molecule has 0 aliphatic heterocycles. The summed E-state index contributed by atoms with van der Waals surface area (Å²) in [5.74, 6) is 5.54. The molecule has 0 bridgehead atoms. The van der Waals surface area contributed by atoms with Crippen LogP contribution in [0.2, 0.25) is 0 Å². The van der Waals surface area contributed by atoms with Crippen LogP contribution in [0, 0.1) is 35.5 Å². The lowest BCUT2D eigenvalue weighted by molar-refractivity contribution is 0.350. The average Bonchev–Trinajstić information content (AvgIpc) is 2.02. The van der Waals surface area contributed by atoms with Crippen molar-refractivity contribution in [2.24, 2.45) is 10.8 Å². The van der Waals surface area contributed by atoms with Crippen LogP contribution in [-0.2, 0) is 0 Å². The minimum absolute atomic E-state index is 0.0197. The van der Waals surface area contributed by atoms with Gasteiger partial charge in [-0.1, -0.05) is 0 Å². The van der Waals surface area contributed by atoms with Crippen molar-refractivity contribution in [1.29, 1.82) is 0 Å². The normalized spacial score (nSPS) is 11.8. The fourth-order valence-electron chi connectivity index (χ4n) is 0.769. The first-order valence-corrected chi connectivity index (χ1v) is 4.28. The molecule has 0 unspecified atom stereocenters. The smallest absolute Gasteiger partial charge is 0.0256 e. The van der Waals surface area contributed by atoms with E-state index in [4.69, 9.17) is 12.8 Å². The van der Waals surface area contributed by atoms with Crippen LogP contribution < -0.4 is 0 Å². The lowest BCUT2D eigenvalue weighted by Crippen LogP contribution is -2.15. The van der Waals surface area contributed by atoms with Crippen molar-refractivity contribution in [1.82, 2.24) is 0 Å². The van der Waals surface area contributed by atoms with Gasteiger partial charge in [-0.2, -0.15) is 0 Å². The Morgan fingerprint density at radius 3 is 1.25 bits per heavy atom. The first kappa shape index (κ1) is 11.1. The summed E-state index contributed by atoms with van der Waals surface area (Å²) >= 11 is 0. The zero-order valence-corrected chi connectivity index (χ0v) is 8.57. The van der Waals surface area contributed by atoms with Gasteiger partial charge in [0.05, 0.1) is 0 Å². The molecule has 0 aliphatic carbocycles. The molecule has 66 valence electrons. The van der Waals surface area contributed by atoms with Crippen LogP contribution in [0.4, 0.5) is 0 Å². The molecule has 0 aromatic carbocycles. The van der Waals surface area contributed by atoms with Crippen LogP contribution >= 0.6 is 0 Å². The van der Waals surface area contributed by atoms with E-state index in [1.54, 1.807) is 0 Å². The molecule has 0 heteroatoms. The van der Waals surface area contributed by atoms with Gasteiger partial charge in [0, 0.05) is 10.8 Å². The second-order valence-electron chi connectivity index (χ2n) is 4.56. The molecule has 0 spiro atoms. The highest BCUT2D eigenvalue weighted by molar-refractivity contribution is 5.04. The van der Waals surface area contributed by atoms with E-state index in [9.17, 15) is 0 Å². The van der Waals surface area contributed by atoms with Gasteiger partial charge < -0.3 is 0 Å². The molecule has 0 rings (SSSR count). The van der Waals surface area contributed by atoms with E-state index < -0.39 is 0 Å². The molecule has 12 heavy (non-hydrogen) atoms. The van der Waals surface area contributed by atoms with Crippen LogP contribution in [0.25, 0.3) is 0 Å². The maximum absolute atomic E-state index is 5.38. The zero-order valence-electron chi connectivity index (χ0n) is 8.57. The van der Waals surface area contributed by atoms with Gasteiger partial charge in [0.1, 0.15) is 0 Å². The third-order valence-electron chi connectivity index (χ3n) is 2.16. The lowest BCUT2D eigenvalue weighted by atomic mass is 9.80. The summed E-state index contributed by atoms with van der Waals surface area (Å²) < 4.78 is 0. The lowest BCUT2D eigenvalue weighted by Gasteiger charge is -2.23. The Morgan fingerprint density at radius 2 is 1.08 bits per heavy atom. The molecule has 0 N–H and O–H groups in total. The predicted molar refractivity (Wildman–Crippen MR) is 54.5 cm³/mol. The number of rotatable bonds is 3. The molecule has 0 atom stereocenters. The monoisotopic (exact) mass is 162 g/mol. The Hall–Kier alpha value is -0.880. The fourth-order valence-corrected chi connectivity index (χ4v) is 0.769. The topological polar surface area (TPSA) is 0 Å². The molecule has 0 aromatic rings. The van der Waals surface area contributed by atoms with Crippen LogP contribution in [0.3, 0.4) is 0 Å².